The molecule has 3 aliphatic rings. The highest BCUT2D eigenvalue weighted by molar-refractivity contribution is 5.23. The fraction of sp³-hybridized carbons (Fsp3) is 0.931. The first kappa shape index (κ1) is 25.0. The molecule has 6 unspecified atom stereocenters. The molecule has 0 aromatic heterocycles. The maximum atomic E-state index is 2.73. The third-order valence-electron chi connectivity index (χ3n) is 9.77. The maximum absolute atomic E-state index is 2.73. The first-order valence-electron chi connectivity index (χ1n) is 12.9. The summed E-state index contributed by atoms with van der Waals surface area (Å²) in [5.74, 6) is 5.62. The van der Waals surface area contributed by atoms with Crippen LogP contribution in [0.5, 0.6) is 0 Å². The van der Waals surface area contributed by atoms with E-state index in [9.17, 15) is 0 Å². The molecule has 2 fully saturated rings. The van der Waals surface area contributed by atoms with Gasteiger partial charge in [-0.2, -0.15) is 0 Å². The normalized spacial score (nSPS) is 39.1. The molecular formula is C29H54. The topological polar surface area (TPSA) is 0 Å². The van der Waals surface area contributed by atoms with Gasteiger partial charge in [0, 0.05) is 0 Å². The highest BCUT2D eigenvalue weighted by Gasteiger charge is 2.57. The van der Waals surface area contributed by atoms with Crippen molar-refractivity contribution in [2.45, 2.75) is 127 Å². The van der Waals surface area contributed by atoms with Crippen molar-refractivity contribution in [2.24, 2.45) is 46.3 Å². The van der Waals surface area contributed by atoms with Crippen molar-refractivity contribution in [3.8, 4) is 0 Å². The average Bonchev–Trinajstić information content (AvgIpc) is 2.97. The molecule has 0 nitrogen and oxygen atoms in total. The van der Waals surface area contributed by atoms with E-state index in [-0.39, 0.29) is 7.43 Å². The minimum Gasteiger partial charge on any atom is -0.0845 e. The molecule has 0 heteroatoms. The number of fused-ring (bicyclic) bond motifs is 3. The Balaban J connectivity index is 0.00000300. The Hall–Kier alpha value is -0.260. The second-order valence-corrected chi connectivity index (χ2v) is 12.2. The van der Waals surface area contributed by atoms with E-state index in [4.69, 9.17) is 0 Å². The molecule has 3 aliphatic carbocycles. The molecule has 0 heterocycles. The third kappa shape index (κ3) is 4.82. The average molecular weight is 403 g/mol. The van der Waals surface area contributed by atoms with Crippen LogP contribution in [0.15, 0.2) is 11.6 Å². The molecule has 6 atom stereocenters. The molecule has 0 amide bonds. The zero-order valence-electron chi connectivity index (χ0n) is 20.3. The minimum absolute atomic E-state index is 0. The first-order valence-corrected chi connectivity index (χ1v) is 12.9. The second kappa shape index (κ2) is 9.91. The van der Waals surface area contributed by atoms with Gasteiger partial charge < -0.3 is 0 Å². The molecule has 0 aromatic carbocycles. The summed E-state index contributed by atoms with van der Waals surface area (Å²) in [4.78, 5) is 0. The van der Waals surface area contributed by atoms with Crippen molar-refractivity contribution in [2.75, 3.05) is 0 Å². The summed E-state index contributed by atoms with van der Waals surface area (Å²) >= 11 is 0. The summed E-state index contributed by atoms with van der Waals surface area (Å²) in [6.45, 7) is 17.4. The molecular weight excluding hydrogens is 348 g/mol. The Morgan fingerprint density at radius 1 is 0.966 bits per heavy atom. The van der Waals surface area contributed by atoms with E-state index in [2.05, 4.69) is 54.5 Å². The quantitative estimate of drug-likeness (QED) is 0.280. The number of hydrogen-bond acceptors (Lipinski definition) is 0. The summed E-state index contributed by atoms with van der Waals surface area (Å²) in [7, 11) is 0. The SMILES string of the molecule is C.CCC1(C)C(CC(C)C)=CCC2C1CCC1(C)C(CCCCC(C)C)CCC21. The highest BCUT2D eigenvalue weighted by Crippen LogP contribution is 2.66. The van der Waals surface area contributed by atoms with E-state index in [1.54, 1.807) is 0 Å². The second-order valence-electron chi connectivity index (χ2n) is 12.2. The largest absolute Gasteiger partial charge is 0.0845 e. The lowest BCUT2D eigenvalue weighted by Crippen LogP contribution is -2.48. The lowest BCUT2D eigenvalue weighted by atomic mass is 9.48. The van der Waals surface area contributed by atoms with E-state index in [0.717, 1.165) is 35.5 Å². The molecule has 0 aromatic rings. The van der Waals surface area contributed by atoms with Crippen LogP contribution in [0, 0.1) is 46.3 Å². The highest BCUT2D eigenvalue weighted by atomic mass is 14.6. The monoisotopic (exact) mass is 402 g/mol. The maximum Gasteiger partial charge on any atom is -0.00878 e. The van der Waals surface area contributed by atoms with Crippen LogP contribution in [0.4, 0.5) is 0 Å². The molecule has 170 valence electrons. The lowest BCUT2D eigenvalue weighted by molar-refractivity contribution is -0.0379. The molecule has 0 saturated heterocycles. The number of hydrogen-bond donors (Lipinski definition) is 0. The Kier molecular flexibility index (Phi) is 8.54. The molecule has 2 saturated carbocycles. The van der Waals surface area contributed by atoms with Crippen LogP contribution in [0.2, 0.25) is 0 Å². The van der Waals surface area contributed by atoms with Gasteiger partial charge in [-0.05, 0) is 97.7 Å². The Labute approximate surface area is 184 Å². The molecule has 0 aliphatic heterocycles. The van der Waals surface area contributed by atoms with Crippen LogP contribution in [0.25, 0.3) is 0 Å². The van der Waals surface area contributed by atoms with E-state index < -0.39 is 0 Å². The van der Waals surface area contributed by atoms with Gasteiger partial charge in [0.25, 0.3) is 0 Å². The van der Waals surface area contributed by atoms with Gasteiger partial charge in [-0.3, -0.25) is 0 Å². The molecule has 29 heavy (non-hydrogen) atoms. The predicted octanol–water partition coefficient (Wildman–Crippen LogP) is 9.69. The minimum atomic E-state index is 0. The third-order valence-corrected chi connectivity index (χ3v) is 9.77. The number of allylic oxidation sites excluding steroid dienone is 2. The summed E-state index contributed by atoms with van der Waals surface area (Å²) in [5.41, 5.74) is 2.94. The van der Waals surface area contributed by atoms with Gasteiger partial charge in [0.05, 0.1) is 0 Å². The van der Waals surface area contributed by atoms with E-state index >= 15 is 0 Å². The summed E-state index contributed by atoms with van der Waals surface area (Å²) in [6.07, 6.45) is 18.7. The summed E-state index contributed by atoms with van der Waals surface area (Å²) in [5, 5.41) is 0. The molecule has 0 spiro atoms. The number of rotatable bonds is 8. The van der Waals surface area contributed by atoms with Gasteiger partial charge in [-0.25, -0.2) is 0 Å². The van der Waals surface area contributed by atoms with Crippen molar-refractivity contribution in [3.63, 3.8) is 0 Å². The zero-order valence-corrected chi connectivity index (χ0v) is 20.3. The molecule has 0 radical (unpaired) electrons. The van der Waals surface area contributed by atoms with Crippen LogP contribution in [-0.2, 0) is 0 Å². The molecule has 3 rings (SSSR count). The summed E-state index contributed by atoms with van der Waals surface area (Å²) in [6, 6.07) is 0. The van der Waals surface area contributed by atoms with Gasteiger partial charge in [-0.1, -0.05) is 86.8 Å². The fourth-order valence-corrected chi connectivity index (χ4v) is 7.93. The van der Waals surface area contributed by atoms with Crippen molar-refractivity contribution >= 4 is 0 Å². The van der Waals surface area contributed by atoms with Gasteiger partial charge >= 0.3 is 0 Å². The standard InChI is InChI=1S/C28H50.CH4/c1-8-27(6)23(19-21(4)5)13-15-24-25-16-14-22(12-10-9-11-20(2)3)28(25,7)18-17-26(24)27;/h13,20-22,24-26H,8-12,14-19H2,1-7H3;1H4. The van der Waals surface area contributed by atoms with Crippen molar-refractivity contribution in [1.82, 2.24) is 0 Å². The van der Waals surface area contributed by atoms with Gasteiger partial charge in [-0.15, -0.1) is 0 Å². The van der Waals surface area contributed by atoms with Gasteiger partial charge in [0.1, 0.15) is 0 Å². The Bertz CT molecular complexity index is 540. The fourth-order valence-electron chi connectivity index (χ4n) is 7.93. The van der Waals surface area contributed by atoms with Crippen molar-refractivity contribution < 1.29 is 0 Å². The first-order chi connectivity index (χ1) is 13.2. The smallest absolute Gasteiger partial charge is 0.00878 e. The Morgan fingerprint density at radius 3 is 2.31 bits per heavy atom. The van der Waals surface area contributed by atoms with Crippen LogP contribution in [-0.4, -0.2) is 0 Å². The molecule has 0 bridgehead atoms. The molecule has 0 N–H and O–H groups in total. The van der Waals surface area contributed by atoms with Crippen molar-refractivity contribution in [1.29, 1.82) is 0 Å². The van der Waals surface area contributed by atoms with Crippen LogP contribution in [0.3, 0.4) is 0 Å². The van der Waals surface area contributed by atoms with E-state index in [0.29, 0.717) is 10.8 Å². The van der Waals surface area contributed by atoms with E-state index in [1.807, 2.05) is 5.57 Å². The van der Waals surface area contributed by atoms with Crippen LogP contribution in [0.1, 0.15) is 127 Å². The Morgan fingerprint density at radius 2 is 1.69 bits per heavy atom. The lowest BCUT2D eigenvalue weighted by Gasteiger charge is -2.56. The van der Waals surface area contributed by atoms with Gasteiger partial charge in [0.15, 0.2) is 0 Å². The summed E-state index contributed by atoms with van der Waals surface area (Å²) < 4.78 is 0. The van der Waals surface area contributed by atoms with Gasteiger partial charge in [0.2, 0.25) is 0 Å². The zero-order chi connectivity index (χ0) is 20.5. The van der Waals surface area contributed by atoms with Crippen LogP contribution >= 0.6 is 0 Å². The number of unbranched alkanes of at least 4 members (excludes halogenated alkanes) is 1. The van der Waals surface area contributed by atoms with E-state index in [1.165, 1.54) is 70.6 Å². The van der Waals surface area contributed by atoms with Crippen molar-refractivity contribution in [3.05, 3.63) is 11.6 Å². The predicted molar refractivity (Wildman–Crippen MR) is 131 cm³/mol. The van der Waals surface area contributed by atoms with Crippen LogP contribution < -0.4 is 0 Å².